The van der Waals surface area contributed by atoms with E-state index in [1.807, 2.05) is 6.92 Å². The number of benzene rings is 1. The van der Waals surface area contributed by atoms with Gasteiger partial charge in [-0.15, -0.1) is 0 Å². The number of likely N-dealkylation sites (tertiary alicyclic amines) is 1. The fraction of sp³-hybridized carbons (Fsp3) is 0.417. The molecule has 1 amide bonds. The van der Waals surface area contributed by atoms with E-state index in [1.165, 1.54) is 18.2 Å². The van der Waals surface area contributed by atoms with Crippen LogP contribution in [0.4, 0.5) is 4.39 Å². The summed E-state index contributed by atoms with van der Waals surface area (Å²) < 4.78 is 13.0. The molecular formula is C12H14ClFN2O. The molecule has 1 aromatic carbocycles. The number of rotatable bonds is 1. The van der Waals surface area contributed by atoms with Gasteiger partial charge in [0.1, 0.15) is 5.82 Å². The fourth-order valence-electron chi connectivity index (χ4n) is 2.05. The highest BCUT2D eigenvalue weighted by molar-refractivity contribution is 6.31. The molecule has 5 heteroatoms. The molecule has 2 unspecified atom stereocenters. The van der Waals surface area contributed by atoms with Crippen molar-refractivity contribution in [3.05, 3.63) is 34.6 Å². The lowest BCUT2D eigenvalue weighted by Crippen LogP contribution is -2.40. The summed E-state index contributed by atoms with van der Waals surface area (Å²) in [5, 5.41) is -0.0352. The number of amides is 1. The van der Waals surface area contributed by atoms with E-state index in [9.17, 15) is 9.18 Å². The molecule has 17 heavy (non-hydrogen) atoms. The molecule has 0 aromatic heterocycles. The van der Waals surface area contributed by atoms with Gasteiger partial charge in [0.2, 0.25) is 0 Å². The van der Waals surface area contributed by atoms with Crippen LogP contribution in [-0.2, 0) is 0 Å². The minimum Gasteiger partial charge on any atom is -0.334 e. The average molecular weight is 257 g/mol. The summed E-state index contributed by atoms with van der Waals surface area (Å²) in [5.74, 6) is -0.665. The van der Waals surface area contributed by atoms with E-state index in [4.69, 9.17) is 17.3 Å². The minimum atomic E-state index is -0.519. The second-order valence-electron chi connectivity index (χ2n) is 4.32. The third kappa shape index (κ3) is 2.28. The van der Waals surface area contributed by atoms with Gasteiger partial charge in [-0.05, 0) is 31.5 Å². The molecule has 92 valence electrons. The Kier molecular flexibility index (Phi) is 3.35. The maximum Gasteiger partial charge on any atom is 0.254 e. The number of nitrogens with zero attached hydrogens (tertiary/aromatic N) is 1. The van der Waals surface area contributed by atoms with Gasteiger partial charge in [0.15, 0.2) is 0 Å². The van der Waals surface area contributed by atoms with Crippen molar-refractivity contribution in [2.75, 3.05) is 6.54 Å². The van der Waals surface area contributed by atoms with Gasteiger partial charge in [0.05, 0.1) is 5.02 Å². The Morgan fingerprint density at radius 1 is 1.59 bits per heavy atom. The second-order valence-corrected chi connectivity index (χ2v) is 4.73. The molecular weight excluding hydrogens is 243 g/mol. The van der Waals surface area contributed by atoms with Crippen molar-refractivity contribution in [2.24, 2.45) is 5.73 Å². The zero-order chi connectivity index (χ0) is 12.6. The Labute approximate surface area is 104 Å². The molecule has 0 spiro atoms. The summed E-state index contributed by atoms with van der Waals surface area (Å²) in [4.78, 5) is 13.9. The van der Waals surface area contributed by atoms with Crippen LogP contribution in [0.5, 0.6) is 0 Å². The number of carbonyl (C=O) groups is 1. The molecule has 1 aliphatic heterocycles. The minimum absolute atomic E-state index is 0.00586. The van der Waals surface area contributed by atoms with Crippen LogP contribution >= 0.6 is 11.6 Å². The maximum atomic E-state index is 13.0. The lowest BCUT2D eigenvalue weighted by atomic mass is 10.1. The summed E-state index contributed by atoms with van der Waals surface area (Å²) in [7, 11) is 0. The Morgan fingerprint density at radius 3 is 2.82 bits per heavy atom. The lowest BCUT2D eigenvalue weighted by Gasteiger charge is -2.23. The molecule has 2 N–H and O–H groups in total. The van der Waals surface area contributed by atoms with Crippen LogP contribution in [0.25, 0.3) is 0 Å². The van der Waals surface area contributed by atoms with Crippen LogP contribution in [0.15, 0.2) is 18.2 Å². The molecule has 2 atom stereocenters. The van der Waals surface area contributed by atoms with Gasteiger partial charge in [-0.25, -0.2) is 4.39 Å². The first-order valence-corrected chi connectivity index (χ1v) is 5.90. The average Bonchev–Trinajstić information content (AvgIpc) is 2.63. The normalized spacial score (nSPS) is 24.1. The molecule has 3 nitrogen and oxygen atoms in total. The molecule has 0 aliphatic carbocycles. The largest absolute Gasteiger partial charge is 0.334 e. The van der Waals surface area contributed by atoms with Crippen LogP contribution < -0.4 is 5.73 Å². The summed E-state index contributed by atoms with van der Waals surface area (Å²) in [5.41, 5.74) is 6.26. The van der Waals surface area contributed by atoms with Gasteiger partial charge < -0.3 is 10.6 Å². The highest BCUT2D eigenvalue weighted by atomic mass is 35.5. The van der Waals surface area contributed by atoms with Crippen LogP contribution in [0.2, 0.25) is 5.02 Å². The standard InChI is InChI=1S/C12H14ClFN2O/c1-7-11(15)4-5-16(7)12(17)8-2-3-10(14)9(13)6-8/h2-3,6-7,11H,4-5,15H2,1H3. The first-order chi connectivity index (χ1) is 8.00. The van der Waals surface area contributed by atoms with E-state index in [0.29, 0.717) is 12.1 Å². The Balaban J connectivity index is 2.22. The molecule has 0 saturated carbocycles. The Hall–Kier alpha value is -1.13. The molecule has 1 saturated heterocycles. The zero-order valence-electron chi connectivity index (χ0n) is 9.49. The number of hydrogen-bond acceptors (Lipinski definition) is 2. The topological polar surface area (TPSA) is 46.3 Å². The van der Waals surface area contributed by atoms with Gasteiger partial charge in [0, 0.05) is 24.2 Å². The van der Waals surface area contributed by atoms with E-state index in [1.54, 1.807) is 4.90 Å². The van der Waals surface area contributed by atoms with Gasteiger partial charge in [0.25, 0.3) is 5.91 Å². The van der Waals surface area contributed by atoms with Gasteiger partial charge >= 0.3 is 0 Å². The lowest BCUT2D eigenvalue weighted by molar-refractivity contribution is 0.0742. The molecule has 0 bridgehead atoms. The fourth-order valence-corrected chi connectivity index (χ4v) is 2.23. The highest BCUT2D eigenvalue weighted by Gasteiger charge is 2.31. The van der Waals surface area contributed by atoms with Crippen molar-refractivity contribution in [3.63, 3.8) is 0 Å². The monoisotopic (exact) mass is 256 g/mol. The Bertz CT molecular complexity index is 452. The molecule has 1 aromatic rings. The van der Waals surface area contributed by atoms with Crippen molar-refractivity contribution in [2.45, 2.75) is 25.4 Å². The predicted octanol–water partition coefficient (Wildman–Crippen LogP) is 2.04. The smallest absolute Gasteiger partial charge is 0.254 e. The first kappa shape index (κ1) is 12.3. The zero-order valence-corrected chi connectivity index (χ0v) is 10.2. The quantitative estimate of drug-likeness (QED) is 0.836. The molecule has 0 radical (unpaired) electrons. The summed E-state index contributed by atoms with van der Waals surface area (Å²) in [6.07, 6.45) is 0.793. The summed E-state index contributed by atoms with van der Waals surface area (Å²) in [6.45, 7) is 2.55. The van der Waals surface area contributed by atoms with E-state index in [2.05, 4.69) is 0 Å². The van der Waals surface area contributed by atoms with Crippen LogP contribution in [0.3, 0.4) is 0 Å². The SMILES string of the molecule is CC1C(N)CCN1C(=O)c1ccc(F)c(Cl)c1. The molecule has 2 rings (SSSR count). The van der Waals surface area contributed by atoms with Gasteiger partial charge in [-0.3, -0.25) is 4.79 Å². The van der Waals surface area contributed by atoms with Crippen LogP contribution in [0, 0.1) is 5.82 Å². The van der Waals surface area contributed by atoms with Crippen LogP contribution in [0.1, 0.15) is 23.7 Å². The summed E-state index contributed by atoms with van der Waals surface area (Å²) in [6, 6.07) is 4.02. The van der Waals surface area contributed by atoms with Gasteiger partial charge in [-0.1, -0.05) is 11.6 Å². The molecule has 1 heterocycles. The number of carbonyl (C=O) groups excluding carboxylic acids is 1. The van der Waals surface area contributed by atoms with Crippen molar-refractivity contribution < 1.29 is 9.18 Å². The van der Waals surface area contributed by atoms with Crippen molar-refractivity contribution in [3.8, 4) is 0 Å². The molecule has 1 fully saturated rings. The third-order valence-corrected chi connectivity index (χ3v) is 3.53. The highest BCUT2D eigenvalue weighted by Crippen LogP contribution is 2.22. The van der Waals surface area contributed by atoms with E-state index in [0.717, 1.165) is 6.42 Å². The number of halogens is 2. The van der Waals surface area contributed by atoms with Crippen molar-refractivity contribution >= 4 is 17.5 Å². The molecule has 1 aliphatic rings. The van der Waals surface area contributed by atoms with E-state index >= 15 is 0 Å². The number of hydrogen-bond donors (Lipinski definition) is 1. The number of nitrogens with two attached hydrogens (primary N) is 1. The Morgan fingerprint density at radius 2 is 2.29 bits per heavy atom. The van der Waals surface area contributed by atoms with E-state index in [-0.39, 0.29) is 23.0 Å². The first-order valence-electron chi connectivity index (χ1n) is 5.52. The third-order valence-electron chi connectivity index (χ3n) is 3.24. The second kappa shape index (κ2) is 4.63. The van der Waals surface area contributed by atoms with Gasteiger partial charge in [-0.2, -0.15) is 0 Å². The summed E-state index contributed by atoms with van der Waals surface area (Å²) >= 11 is 5.66. The van der Waals surface area contributed by atoms with Crippen LogP contribution in [-0.4, -0.2) is 29.4 Å². The van der Waals surface area contributed by atoms with Crippen molar-refractivity contribution in [1.29, 1.82) is 0 Å². The van der Waals surface area contributed by atoms with Crippen molar-refractivity contribution in [1.82, 2.24) is 4.90 Å². The van der Waals surface area contributed by atoms with E-state index < -0.39 is 5.82 Å². The predicted molar refractivity (Wildman–Crippen MR) is 64.5 cm³/mol. The maximum absolute atomic E-state index is 13.0.